The Balaban J connectivity index is 1.95. The third-order valence-corrected chi connectivity index (χ3v) is 3.24. The summed E-state index contributed by atoms with van der Waals surface area (Å²) in [7, 11) is 1.89. The molecule has 1 saturated heterocycles. The molecule has 1 aromatic carbocycles. The number of rotatable bonds is 4. The molecule has 0 aromatic heterocycles. The summed E-state index contributed by atoms with van der Waals surface area (Å²) in [4.78, 5) is 3.90. The summed E-state index contributed by atoms with van der Waals surface area (Å²) in [5, 5.41) is 0. The van der Waals surface area contributed by atoms with Gasteiger partial charge in [-0.15, -0.1) is 0 Å². The maximum atomic E-state index is 13.6. The van der Waals surface area contributed by atoms with Crippen molar-refractivity contribution in [1.29, 1.82) is 0 Å². The topological polar surface area (TPSA) is 32.5 Å². The molecular formula is C12H17F2N3. The lowest BCUT2D eigenvalue weighted by Crippen LogP contribution is -2.59. The van der Waals surface area contributed by atoms with Gasteiger partial charge in [-0.1, -0.05) is 0 Å². The zero-order valence-corrected chi connectivity index (χ0v) is 9.87. The van der Waals surface area contributed by atoms with E-state index in [1.165, 1.54) is 6.07 Å². The Morgan fingerprint density at radius 2 is 2.18 bits per heavy atom. The van der Waals surface area contributed by atoms with Gasteiger partial charge in [0.05, 0.1) is 5.69 Å². The predicted molar refractivity (Wildman–Crippen MR) is 65.4 cm³/mol. The maximum Gasteiger partial charge on any atom is 0.148 e. The highest BCUT2D eigenvalue weighted by Crippen LogP contribution is 2.27. The Kier molecular flexibility index (Phi) is 3.47. The Morgan fingerprint density at radius 3 is 2.76 bits per heavy atom. The molecule has 0 aliphatic carbocycles. The van der Waals surface area contributed by atoms with E-state index in [1.54, 1.807) is 12.1 Å². The van der Waals surface area contributed by atoms with E-state index in [0.717, 1.165) is 13.1 Å². The molecule has 0 unspecified atom stereocenters. The normalized spacial score (nSPS) is 16.4. The van der Waals surface area contributed by atoms with Gasteiger partial charge in [0.25, 0.3) is 0 Å². The fraction of sp³-hybridized carbons (Fsp3) is 0.500. The molecule has 1 fully saturated rings. The van der Waals surface area contributed by atoms with E-state index < -0.39 is 0 Å². The van der Waals surface area contributed by atoms with E-state index >= 15 is 0 Å². The average molecular weight is 241 g/mol. The van der Waals surface area contributed by atoms with Crippen molar-refractivity contribution in [3.8, 4) is 0 Å². The quantitative estimate of drug-likeness (QED) is 0.811. The standard InChI is InChI=1S/C12H17F2N3/c1-16(5-4-13)10-7-17(8-10)12-3-2-9(15)6-11(12)14/h2-3,6,10H,4-5,7-8,15H2,1H3. The first kappa shape index (κ1) is 12.1. The van der Waals surface area contributed by atoms with Crippen LogP contribution in [0.25, 0.3) is 0 Å². The Hall–Kier alpha value is -1.36. The number of alkyl halides is 1. The molecule has 94 valence electrons. The lowest BCUT2D eigenvalue weighted by Gasteiger charge is -2.45. The van der Waals surface area contributed by atoms with Crippen LogP contribution in [0.5, 0.6) is 0 Å². The Labute approximate surface area is 99.8 Å². The van der Waals surface area contributed by atoms with Crippen molar-refractivity contribution in [1.82, 2.24) is 4.90 Å². The fourth-order valence-electron chi connectivity index (χ4n) is 2.03. The molecule has 1 aliphatic rings. The SMILES string of the molecule is CN(CCF)C1CN(c2ccc(N)cc2F)C1. The van der Waals surface area contributed by atoms with E-state index in [-0.39, 0.29) is 12.5 Å². The molecule has 0 bridgehead atoms. The first-order valence-electron chi connectivity index (χ1n) is 5.68. The minimum atomic E-state index is -0.344. The molecule has 3 nitrogen and oxygen atoms in total. The van der Waals surface area contributed by atoms with Gasteiger partial charge in [0.2, 0.25) is 0 Å². The van der Waals surface area contributed by atoms with Crippen molar-refractivity contribution in [2.75, 3.05) is 44.0 Å². The van der Waals surface area contributed by atoms with Gasteiger partial charge < -0.3 is 10.6 Å². The van der Waals surface area contributed by atoms with Crippen LogP contribution in [0.1, 0.15) is 0 Å². The number of nitrogens with zero attached hydrogens (tertiary/aromatic N) is 2. The molecule has 1 aromatic rings. The van der Waals surface area contributed by atoms with Gasteiger partial charge in [0, 0.05) is 31.4 Å². The van der Waals surface area contributed by atoms with Crippen molar-refractivity contribution in [3.05, 3.63) is 24.0 Å². The molecule has 5 heteroatoms. The largest absolute Gasteiger partial charge is 0.399 e. The van der Waals surface area contributed by atoms with Crippen molar-refractivity contribution in [2.24, 2.45) is 0 Å². The summed E-state index contributed by atoms with van der Waals surface area (Å²) in [6.07, 6.45) is 0. The van der Waals surface area contributed by atoms with Crippen LogP contribution < -0.4 is 10.6 Å². The predicted octanol–water partition coefficient (Wildman–Crippen LogP) is 1.50. The van der Waals surface area contributed by atoms with Gasteiger partial charge in [0.1, 0.15) is 12.5 Å². The van der Waals surface area contributed by atoms with Crippen molar-refractivity contribution in [3.63, 3.8) is 0 Å². The molecule has 0 atom stereocenters. The third-order valence-electron chi connectivity index (χ3n) is 3.24. The highest BCUT2D eigenvalue weighted by molar-refractivity contribution is 5.56. The van der Waals surface area contributed by atoms with Gasteiger partial charge in [-0.3, -0.25) is 4.90 Å². The summed E-state index contributed by atoms with van der Waals surface area (Å²) in [6.45, 7) is 1.56. The summed E-state index contributed by atoms with van der Waals surface area (Å²) in [5.41, 5.74) is 6.50. The molecule has 17 heavy (non-hydrogen) atoms. The van der Waals surface area contributed by atoms with Gasteiger partial charge >= 0.3 is 0 Å². The smallest absolute Gasteiger partial charge is 0.148 e. The lowest BCUT2D eigenvalue weighted by atomic mass is 10.1. The monoisotopic (exact) mass is 241 g/mol. The molecule has 2 rings (SSSR count). The van der Waals surface area contributed by atoms with E-state index in [9.17, 15) is 8.78 Å². The van der Waals surface area contributed by atoms with Gasteiger partial charge in [-0.25, -0.2) is 8.78 Å². The first-order valence-corrected chi connectivity index (χ1v) is 5.68. The van der Waals surface area contributed by atoms with Crippen LogP contribution in [0.3, 0.4) is 0 Å². The molecule has 0 spiro atoms. The van der Waals surface area contributed by atoms with Crippen LogP contribution >= 0.6 is 0 Å². The van der Waals surface area contributed by atoms with Gasteiger partial charge in [-0.05, 0) is 25.2 Å². The van der Waals surface area contributed by atoms with Crippen LogP contribution in [0.2, 0.25) is 0 Å². The Morgan fingerprint density at radius 1 is 1.47 bits per heavy atom. The molecule has 1 aliphatic heterocycles. The molecular weight excluding hydrogens is 224 g/mol. The molecule has 0 radical (unpaired) electrons. The zero-order chi connectivity index (χ0) is 12.4. The second kappa shape index (κ2) is 4.87. The van der Waals surface area contributed by atoms with Crippen molar-refractivity contribution in [2.45, 2.75) is 6.04 Å². The summed E-state index contributed by atoms with van der Waals surface area (Å²) < 4.78 is 25.8. The number of likely N-dealkylation sites (N-methyl/N-ethyl adjacent to an activating group) is 1. The molecule has 0 amide bonds. The highest BCUT2D eigenvalue weighted by Gasteiger charge is 2.31. The summed E-state index contributed by atoms with van der Waals surface area (Å²) >= 11 is 0. The lowest BCUT2D eigenvalue weighted by molar-refractivity contribution is 0.190. The van der Waals surface area contributed by atoms with Gasteiger partial charge in [0.15, 0.2) is 0 Å². The summed E-state index contributed by atoms with van der Waals surface area (Å²) in [5.74, 6) is -0.295. The molecule has 0 saturated carbocycles. The molecule has 2 N–H and O–H groups in total. The van der Waals surface area contributed by atoms with Crippen molar-refractivity contribution >= 4 is 11.4 Å². The average Bonchev–Trinajstić information content (AvgIpc) is 2.19. The van der Waals surface area contributed by atoms with Gasteiger partial charge in [-0.2, -0.15) is 0 Å². The fourth-order valence-corrected chi connectivity index (χ4v) is 2.03. The van der Waals surface area contributed by atoms with E-state index in [1.807, 2.05) is 16.8 Å². The Bertz CT molecular complexity index is 391. The second-order valence-corrected chi connectivity index (χ2v) is 4.44. The zero-order valence-electron chi connectivity index (χ0n) is 9.87. The molecule has 1 heterocycles. The number of halogens is 2. The number of nitrogen functional groups attached to an aromatic ring is 1. The third kappa shape index (κ3) is 2.49. The van der Waals surface area contributed by atoms with Crippen LogP contribution in [0.4, 0.5) is 20.2 Å². The maximum absolute atomic E-state index is 13.6. The number of nitrogens with two attached hydrogens (primary N) is 1. The number of hydrogen-bond donors (Lipinski definition) is 1. The number of anilines is 2. The first-order chi connectivity index (χ1) is 8.11. The number of benzene rings is 1. The van der Waals surface area contributed by atoms with E-state index in [0.29, 0.717) is 24.0 Å². The summed E-state index contributed by atoms with van der Waals surface area (Å²) in [6, 6.07) is 5.02. The van der Waals surface area contributed by atoms with Crippen LogP contribution in [-0.2, 0) is 0 Å². The number of hydrogen-bond acceptors (Lipinski definition) is 3. The van der Waals surface area contributed by atoms with Crippen LogP contribution in [0.15, 0.2) is 18.2 Å². The second-order valence-electron chi connectivity index (χ2n) is 4.44. The van der Waals surface area contributed by atoms with Crippen LogP contribution in [0, 0.1) is 5.82 Å². The minimum absolute atomic E-state index is 0.295. The van der Waals surface area contributed by atoms with E-state index in [4.69, 9.17) is 5.73 Å². The van der Waals surface area contributed by atoms with E-state index in [2.05, 4.69) is 0 Å². The van der Waals surface area contributed by atoms with Crippen molar-refractivity contribution < 1.29 is 8.78 Å². The highest BCUT2D eigenvalue weighted by atomic mass is 19.1. The minimum Gasteiger partial charge on any atom is -0.399 e. The van der Waals surface area contributed by atoms with Crippen LogP contribution in [-0.4, -0.2) is 44.3 Å².